The second kappa shape index (κ2) is 9.71. The van der Waals surface area contributed by atoms with E-state index in [2.05, 4.69) is 16.5 Å². The Kier molecular flexibility index (Phi) is 7.21. The summed E-state index contributed by atoms with van der Waals surface area (Å²) in [4.78, 5) is 12.9. The lowest BCUT2D eigenvalue weighted by atomic mass is 9.94. The maximum absolute atomic E-state index is 13.4. The van der Waals surface area contributed by atoms with Crippen LogP contribution in [0.4, 0.5) is 5.82 Å². The molecule has 1 amide bonds. The summed E-state index contributed by atoms with van der Waals surface area (Å²) < 4.78 is 35.2. The van der Waals surface area contributed by atoms with E-state index >= 15 is 0 Å². The van der Waals surface area contributed by atoms with Crippen molar-refractivity contribution in [2.75, 3.05) is 25.5 Å². The van der Waals surface area contributed by atoms with E-state index in [4.69, 9.17) is 10.00 Å². The van der Waals surface area contributed by atoms with Gasteiger partial charge in [0.15, 0.2) is 0 Å². The maximum Gasteiger partial charge on any atom is 0.256 e. The molecule has 1 aromatic carbocycles. The number of hydrogen-bond acceptors (Lipinski definition) is 6. The highest BCUT2D eigenvalue weighted by Crippen LogP contribution is 2.32. The van der Waals surface area contributed by atoms with Crippen molar-refractivity contribution in [3.63, 3.8) is 0 Å². The second-order valence-corrected chi connectivity index (χ2v) is 10.3. The van der Waals surface area contributed by atoms with Gasteiger partial charge in [-0.15, -0.1) is 0 Å². The van der Waals surface area contributed by atoms with Crippen LogP contribution >= 0.6 is 0 Å². The van der Waals surface area contributed by atoms with Crippen molar-refractivity contribution in [2.24, 2.45) is 11.8 Å². The summed E-state index contributed by atoms with van der Waals surface area (Å²) in [6.45, 7) is 7.07. The summed E-state index contributed by atoms with van der Waals surface area (Å²) in [5.74, 6) is 0.678. The van der Waals surface area contributed by atoms with Gasteiger partial charge in [0.1, 0.15) is 16.5 Å². The predicted molar refractivity (Wildman–Crippen MR) is 120 cm³/mol. The van der Waals surface area contributed by atoms with E-state index in [1.54, 1.807) is 17.7 Å². The van der Waals surface area contributed by atoms with Crippen molar-refractivity contribution >= 4 is 21.7 Å². The fourth-order valence-electron chi connectivity index (χ4n) is 4.12. The van der Waals surface area contributed by atoms with E-state index in [1.807, 2.05) is 13.8 Å². The molecule has 2 heterocycles. The number of nitrogens with one attached hydrogen (secondary N) is 1. The van der Waals surface area contributed by atoms with Gasteiger partial charge in [0, 0.05) is 24.7 Å². The van der Waals surface area contributed by atoms with Crippen molar-refractivity contribution in [3.05, 3.63) is 35.5 Å². The van der Waals surface area contributed by atoms with Gasteiger partial charge >= 0.3 is 0 Å². The number of piperidine rings is 1. The van der Waals surface area contributed by atoms with Crippen molar-refractivity contribution < 1.29 is 17.9 Å². The van der Waals surface area contributed by atoms with Gasteiger partial charge in [-0.3, -0.25) is 4.79 Å². The van der Waals surface area contributed by atoms with Crippen molar-refractivity contribution in [3.8, 4) is 11.8 Å². The molecule has 0 bridgehead atoms. The number of rotatable bonds is 7. The summed E-state index contributed by atoms with van der Waals surface area (Å²) in [6.07, 6.45) is 1.23. The first-order chi connectivity index (χ1) is 15.1. The Morgan fingerprint density at radius 3 is 2.59 bits per heavy atom. The number of hydrogen-bond donors (Lipinski definition) is 1. The van der Waals surface area contributed by atoms with Crippen LogP contribution in [0.2, 0.25) is 0 Å². The minimum absolute atomic E-state index is 0.0249. The van der Waals surface area contributed by atoms with Crippen LogP contribution < -0.4 is 10.1 Å². The van der Waals surface area contributed by atoms with Crippen molar-refractivity contribution in [1.82, 2.24) is 14.1 Å². The normalized spacial score (nSPS) is 19.3. The van der Waals surface area contributed by atoms with Gasteiger partial charge in [-0.05, 0) is 43.4 Å². The number of nitriles is 1. The third-order valence-corrected chi connectivity index (χ3v) is 7.31. The standard InChI is InChI=1S/C22H29N5O4S/c1-15-10-16(2)14-26(13-15)32(29,30)20-12-18(6-7-19(20)31-4)22(28)24-21-11-17(3)25-27(21)9-5-8-23/h6-7,11-12,15-16H,5,9-10,13-14H2,1-4H3,(H,24,28). The predicted octanol–water partition coefficient (Wildman–Crippen LogP) is 3.03. The molecule has 0 spiro atoms. The highest BCUT2D eigenvalue weighted by Gasteiger charge is 2.34. The van der Waals surface area contributed by atoms with Crippen molar-refractivity contribution in [1.29, 1.82) is 5.26 Å². The number of benzene rings is 1. The van der Waals surface area contributed by atoms with Gasteiger partial charge < -0.3 is 10.1 Å². The zero-order valence-electron chi connectivity index (χ0n) is 18.8. The molecule has 0 radical (unpaired) electrons. The number of sulfonamides is 1. The Hall–Kier alpha value is -2.90. The highest BCUT2D eigenvalue weighted by atomic mass is 32.2. The minimum Gasteiger partial charge on any atom is -0.495 e. The van der Waals surface area contributed by atoms with E-state index in [1.165, 1.54) is 29.6 Å². The monoisotopic (exact) mass is 459 g/mol. The first-order valence-electron chi connectivity index (χ1n) is 10.6. The molecule has 1 aliphatic heterocycles. The molecular weight excluding hydrogens is 430 g/mol. The quantitative estimate of drug-likeness (QED) is 0.680. The van der Waals surface area contributed by atoms with E-state index in [9.17, 15) is 13.2 Å². The molecule has 1 N–H and O–H groups in total. The molecule has 2 aromatic rings. The molecule has 0 aliphatic carbocycles. The molecule has 2 unspecified atom stereocenters. The van der Waals surface area contributed by atoms with Gasteiger partial charge in [-0.1, -0.05) is 13.8 Å². The van der Waals surface area contributed by atoms with Crippen LogP contribution in [0.25, 0.3) is 0 Å². The Morgan fingerprint density at radius 2 is 1.97 bits per heavy atom. The number of anilines is 1. The fraction of sp³-hybridized carbons (Fsp3) is 0.500. The summed E-state index contributed by atoms with van der Waals surface area (Å²) >= 11 is 0. The number of aromatic nitrogens is 2. The molecule has 3 rings (SSSR count). The maximum atomic E-state index is 13.4. The smallest absolute Gasteiger partial charge is 0.256 e. The Bertz CT molecular complexity index is 1130. The van der Waals surface area contributed by atoms with Gasteiger partial charge in [0.2, 0.25) is 10.0 Å². The van der Waals surface area contributed by atoms with Crippen LogP contribution in [0, 0.1) is 30.1 Å². The van der Waals surface area contributed by atoms with Gasteiger partial charge in [-0.25, -0.2) is 13.1 Å². The molecule has 10 heteroatoms. The highest BCUT2D eigenvalue weighted by molar-refractivity contribution is 7.89. The summed E-state index contributed by atoms with van der Waals surface area (Å²) in [6, 6.07) is 8.13. The van der Waals surface area contributed by atoms with Gasteiger partial charge in [-0.2, -0.15) is 14.7 Å². The van der Waals surface area contributed by atoms with E-state index in [0.29, 0.717) is 31.1 Å². The summed E-state index contributed by atoms with van der Waals surface area (Å²) in [7, 11) is -2.43. The Morgan fingerprint density at radius 1 is 1.28 bits per heavy atom. The van der Waals surface area contributed by atoms with Gasteiger partial charge in [0.05, 0.1) is 31.8 Å². The van der Waals surface area contributed by atoms with Crippen LogP contribution in [-0.4, -0.2) is 48.6 Å². The average Bonchev–Trinajstić information content (AvgIpc) is 3.09. The molecule has 1 fully saturated rings. The van der Waals surface area contributed by atoms with Crippen LogP contribution in [0.15, 0.2) is 29.2 Å². The minimum atomic E-state index is -3.84. The van der Waals surface area contributed by atoms with E-state index in [-0.39, 0.29) is 34.5 Å². The first-order valence-corrected chi connectivity index (χ1v) is 12.0. The summed E-state index contributed by atoms with van der Waals surface area (Å²) in [5.41, 5.74) is 0.887. The molecule has 1 saturated heterocycles. The zero-order chi connectivity index (χ0) is 23.5. The third-order valence-electron chi connectivity index (χ3n) is 5.46. The SMILES string of the molecule is COc1ccc(C(=O)Nc2cc(C)nn2CCC#N)cc1S(=O)(=O)N1CC(C)CC(C)C1. The number of nitrogens with zero attached hydrogens (tertiary/aromatic N) is 4. The number of methoxy groups -OCH3 is 1. The first kappa shape index (κ1) is 23.8. The van der Waals surface area contributed by atoms with E-state index in [0.717, 1.165) is 6.42 Å². The Labute approximate surface area is 189 Å². The molecule has 1 aliphatic rings. The largest absolute Gasteiger partial charge is 0.495 e. The molecule has 2 atom stereocenters. The number of carbonyl (C=O) groups excluding carboxylic acids is 1. The van der Waals surface area contributed by atoms with Crippen LogP contribution in [-0.2, 0) is 16.6 Å². The van der Waals surface area contributed by atoms with Crippen LogP contribution in [0.1, 0.15) is 42.7 Å². The van der Waals surface area contributed by atoms with Crippen LogP contribution in [0.5, 0.6) is 5.75 Å². The number of carbonyl (C=O) groups is 1. The van der Waals surface area contributed by atoms with Crippen molar-refractivity contribution in [2.45, 2.75) is 45.1 Å². The average molecular weight is 460 g/mol. The number of ether oxygens (including phenoxy) is 1. The molecular formula is C22H29N5O4S. The summed E-state index contributed by atoms with van der Waals surface area (Å²) in [5, 5.41) is 15.9. The lowest BCUT2D eigenvalue weighted by Crippen LogP contribution is -2.42. The molecule has 172 valence electrons. The lowest BCUT2D eigenvalue weighted by molar-refractivity contribution is 0.102. The topological polar surface area (TPSA) is 117 Å². The third kappa shape index (κ3) is 5.11. The molecule has 0 saturated carbocycles. The number of amides is 1. The van der Waals surface area contributed by atoms with Crippen LogP contribution in [0.3, 0.4) is 0 Å². The zero-order valence-corrected chi connectivity index (χ0v) is 19.6. The molecule has 9 nitrogen and oxygen atoms in total. The van der Waals surface area contributed by atoms with Gasteiger partial charge in [0.25, 0.3) is 5.91 Å². The second-order valence-electron chi connectivity index (χ2n) is 8.39. The van der Waals surface area contributed by atoms with E-state index < -0.39 is 15.9 Å². The Balaban J connectivity index is 1.91. The fourth-order valence-corrected chi connectivity index (χ4v) is 5.98. The lowest BCUT2D eigenvalue weighted by Gasteiger charge is -2.34. The molecule has 1 aromatic heterocycles. The molecule has 32 heavy (non-hydrogen) atoms. The number of aryl methyl sites for hydroxylation is 2.